The summed E-state index contributed by atoms with van der Waals surface area (Å²) >= 11 is 1.65. The van der Waals surface area contributed by atoms with Crippen molar-refractivity contribution in [3.05, 3.63) is 5.01 Å². The summed E-state index contributed by atoms with van der Waals surface area (Å²) < 4.78 is 0. The number of piperidine rings is 1. The predicted octanol–water partition coefficient (Wildman–Crippen LogP) is 2.14. The van der Waals surface area contributed by atoms with E-state index in [9.17, 15) is 4.79 Å². The molecular formula is C14H24N4OS. The number of amides is 1. The maximum absolute atomic E-state index is 12.1. The van der Waals surface area contributed by atoms with Crippen LogP contribution in [-0.4, -0.2) is 48.2 Å². The molecule has 6 heteroatoms. The van der Waals surface area contributed by atoms with Crippen LogP contribution in [0.5, 0.6) is 0 Å². The van der Waals surface area contributed by atoms with Crippen LogP contribution in [0.1, 0.15) is 38.6 Å². The Bertz CT molecular complexity index is 478. The van der Waals surface area contributed by atoms with Gasteiger partial charge in [-0.25, -0.2) is 0 Å². The standard InChI is InChI=1S/C14H24N4OS/c1-14(2,3)12-15-16-13(20-12)18-8-6-7-10(9-18)11(19)17(4)5/h10H,6-9H2,1-5H3. The quantitative estimate of drug-likeness (QED) is 0.839. The van der Waals surface area contributed by atoms with Crippen molar-refractivity contribution >= 4 is 22.4 Å². The largest absolute Gasteiger partial charge is 0.349 e. The topological polar surface area (TPSA) is 49.3 Å². The lowest BCUT2D eigenvalue weighted by molar-refractivity contribution is -0.133. The van der Waals surface area contributed by atoms with Gasteiger partial charge in [0.15, 0.2) is 0 Å². The molecule has 1 aliphatic heterocycles. The molecule has 112 valence electrons. The van der Waals surface area contributed by atoms with Gasteiger partial charge in [0.2, 0.25) is 11.0 Å². The maximum Gasteiger partial charge on any atom is 0.226 e. The molecule has 1 saturated heterocycles. The van der Waals surface area contributed by atoms with Gasteiger partial charge in [-0.05, 0) is 12.8 Å². The molecule has 0 radical (unpaired) electrons. The molecule has 1 aromatic heterocycles. The third kappa shape index (κ3) is 3.29. The molecule has 1 unspecified atom stereocenters. The molecule has 0 bridgehead atoms. The Morgan fingerprint density at radius 1 is 1.35 bits per heavy atom. The maximum atomic E-state index is 12.1. The molecule has 0 saturated carbocycles. The monoisotopic (exact) mass is 296 g/mol. The van der Waals surface area contributed by atoms with Crippen LogP contribution in [0.4, 0.5) is 5.13 Å². The highest BCUT2D eigenvalue weighted by Gasteiger charge is 2.29. The Kier molecular flexibility index (Phi) is 4.32. The minimum absolute atomic E-state index is 0.0323. The number of hydrogen-bond donors (Lipinski definition) is 0. The van der Waals surface area contributed by atoms with Crippen molar-refractivity contribution in [3.8, 4) is 0 Å². The van der Waals surface area contributed by atoms with Crippen LogP contribution in [0, 0.1) is 5.92 Å². The lowest BCUT2D eigenvalue weighted by atomic mass is 9.97. The number of aromatic nitrogens is 2. The summed E-state index contributed by atoms with van der Waals surface area (Å²) in [5.41, 5.74) is 0.0323. The molecule has 1 amide bonds. The average Bonchev–Trinajstić information content (AvgIpc) is 2.87. The first-order valence-corrected chi connectivity index (χ1v) is 7.91. The van der Waals surface area contributed by atoms with Crippen LogP contribution in [0.15, 0.2) is 0 Å². The van der Waals surface area contributed by atoms with Gasteiger partial charge in [0.05, 0.1) is 5.92 Å². The van der Waals surface area contributed by atoms with Gasteiger partial charge >= 0.3 is 0 Å². The minimum atomic E-state index is 0.0323. The van der Waals surface area contributed by atoms with Crippen molar-refractivity contribution in [2.75, 3.05) is 32.1 Å². The third-order valence-electron chi connectivity index (χ3n) is 3.54. The molecule has 20 heavy (non-hydrogen) atoms. The highest BCUT2D eigenvalue weighted by Crippen LogP contribution is 2.32. The van der Waals surface area contributed by atoms with Crippen molar-refractivity contribution in [2.24, 2.45) is 5.92 Å². The summed E-state index contributed by atoms with van der Waals surface area (Å²) in [4.78, 5) is 16.0. The van der Waals surface area contributed by atoms with Gasteiger partial charge in [-0.2, -0.15) is 0 Å². The number of carbonyl (C=O) groups excluding carboxylic acids is 1. The summed E-state index contributed by atoms with van der Waals surface area (Å²) in [6.07, 6.45) is 2.01. The molecule has 1 aliphatic rings. The van der Waals surface area contributed by atoms with E-state index in [1.165, 1.54) is 0 Å². The fourth-order valence-electron chi connectivity index (χ4n) is 2.36. The first-order chi connectivity index (χ1) is 9.29. The van der Waals surface area contributed by atoms with E-state index in [1.807, 2.05) is 14.1 Å². The lowest BCUT2D eigenvalue weighted by Crippen LogP contribution is -2.42. The van der Waals surface area contributed by atoms with Crippen molar-refractivity contribution in [2.45, 2.75) is 39.0 Å². The fraction of sp³-hybridized carbons (Fsp3) is 0.786. The summed E-state index contributed by atoms with van der Waals surface area (Å²) in [5.74, 6) is 0.302. The zero-order chi connectivity index (χ0) is 14.9. The van der Waals surface area contributed by atoms with Gasteiger partial charge < -0.3 is 9.80 Å². The second kappa shape index (κ2) is 5.68. The average molecular weight is 296 g/mol. The zero-order valence-corrected chi connectivity index (χ0v) is 13.8. The molecule has 0 aliphatic carbocycles. The molecule has 1 atom stereocenters. The summed E-state index contributed by atoms with van der Waals surface area (Å²) in [5, 5.41) is 10.6. The van der Waals surface area contributed by atoms with Gasteiger partial charge in [0.1, 0.15) is 5.01 Å². The smallest absolute Gasteiger partial charge is 0.226 e. The van der Waals surface area contributed by atoms with Crippen LogP contribution in [0.2, 0.25) is 0 Å². The van der Waals surface area contributed by atoms with Gasteiger partial charge in [0, 0.05) is 32.6 Å². The second-order valence-electron chi connectivity index (χ2n) is 6.66. The van der Waals surface area contributed by atoms with Crippen molar-refractivity contribution in [1.82, 2.24) is 15.1 Å². The number of carbonyl (C=O) groups is 1. The van der Waals surface area contributed by atoms with Gasteiger partial charge in [-0.3, -0.25) is 4.79 Å². The van der Waals surface area contributed by atoms with E-state index in [-0.39, 0.29) is 17.2 Å². The third-order valence-corrected chi connectivity index (χ3v) is 4.95. The molecule has 0 N–H and O–H groups in total. The Morgan fingerprint density at radius 3 is 2.60 bits per heavy atom. The van der Waals surface area contributed by atoms with Crippen LogP contribution in [0.25, 0.3) is 0 Å². The number of anilines is 1. The minimum Gasteiger partial charge on any atom is -0.349 e. The van der Waals surface area contributed by atoms with Gasteiger partial charge in [-0.15, -0.1) is 10.2 Å². The number of hydrogen-bond acceptors (Lipinski definition) is 5. The van der Waals surface area contributed by atoms with E-state index >= 15 is 0 Å². The van der Waals surface area contributed by atoms with E-state index in [1.54, 1.807) is 16.2 Å². The van der Waals surface area contributed by atoms with E-state index in [2.05, 4.69) is 35.9 Å². The van der Waals surface area contributed by atoms with E-state index < -0.39 is 0 Å². The number of nitrogens with zero attached hydrogens (tertiary/aromatic N) is 4. The van der Waals surface area contributed by atoms with Crippen molar-refractivity contribution in [3.63, 3.8) is 0 Å². The van der Waals surface area contributed by atoms with Crippen LogP contribution in [0.3, 0.4) is 0 Å². The highest BCUT2D eigenvalue weighted by atomic mass is 32.1. The summed E-state index contributed by atoms with van der Waals surface area (Å²) in [6, 6.07) is 0. The molecule has 2 rings (SSSR count). The molecule has 5 nitrogen and oxygen atoms in total. The molecule has 1 fully saturated rings. The molecule has 0 spiro atoms. The van der Waals surface area contributed by atoms with Crippen LogP contribution >= 0.6 is 11.3 Å². The number of rotatable bonds is 2. The SMILES string of the molecule is CN(C)C(=O)C1CCCN(c2nnc(C(C)(C)C)s2)C1. The van der Waals surface area contributed by atoms with E-state index in [0.717, 1.165) is 36.1 Å². The normalized spacial score (nSPS) is 20.1. The van der Waals surface area contributed by atoms with Crippen molar-refractivity contribution in [1.29, 1.82) is 0 Å². The van der Waals surface area contributed by atoms with Gasteiger partial charge in [-0.1, -0.05) is 32.1 Å². The molecule has 2 heterocycles. The van der Waals surface area contributed by atoms with Gasteiger partial charge in [0.25, 0.3) is 0 Å². The van der Waals surface area contributed by atoms with Crippen molar-refractivity contribution < 1.29 is 4.79 Å². The predicted molar refractivity (Wildman–Crippen MR) is 82.2 cm³/mol. The second-order valence-corrected chi connectivity index (χ2v) is 7.61. The summed E-state index contributed by atoms with van der Waals surface area (Å²) in [6.45, 7) is 8.16. The molecule has 1 aromatic rings. The summed E-state index contributed by atoms with van der Waals surface area (Å²) in [7, 11) is 3.65. The van der Waals surface area contributed by atoms with Crippen LogP contribution < -0.4 is 4.90 Å². The first kappa shape index (κ1) is 15.2. The Morgan fingerprint density at radius 2 is 2.05 bits per heavy atom. The van der Waals surface area contributed by atoms with E-state index in [4.69, 9.17) is 0 Å². The Balaban J connectivity index is 2.09. The molecule has 0 aromatic carbocycles. The fourth-order valence-corrected chi connectivity index (χ4v) is 3.30. The Hall–Kier alpha value is -1.17. The lowest BCUT2D eigenvalue weighted by Gasteiger charge is -2.32. The highest BCUT2D eigenvalue weighted by molar-refractivity contribution is 7.15. The van der Waals surface area contributed by atoms with Crippen LogP contribution in [-0.2, 0) is 10.2 Å². The molecular weight excluding hydrogens is 272 g/mol. The van der Waals surface area contributed by atoms with E-state index in [0.29, 0.717) is 0 Å². The first-order valence-electron chi connectivity index (χ1n) is 7.09. The zero-order valence-electron chi connectivity index (χ0n) is 13.0. The Labute approximate surface area is 125 Å².